The molecule has 0 fully saturated rings. The summed E-state index contributed by atoms with van der Waals surface area (Å²) < 4.78 is 0. The number of aliphatic imine (C=N–C) groups is 1. The van der Waals surface area contributed by atoms with Crippen LogP contribution in [0.25, 0.3) is 0 Å². The summed E-state index contributed by atoms with van der Waals surface area (Å²) in [5.41, 5.74) is 0.976. The maximum Gasteiger partial charge on any atom is 0.275 e. The normalized spacial score (nSPS) is 17.0. The van der Waals surface area contributed by atoms with E-state index in [1.807, 2.05) is 30.3 Å². The highest BCUT2D eigenvalue weighted by Gasteiger charge is 2.20. The molecule has 0 aromatic heterocycles. The van der Waals surface area contributed by atoms with E-state index in [2.05, 4.69) is 10.3 Å². The van der Waals surface area contributed by atoms with E-state index in [1.54, 1.807) is 0 Å². The highest BCUT2D eigenvalue weighted by atomic mass is 35.5. The number of amides is 1. The third-order valence-electron chi connectivity index (χ3n) is 1.77. The molecule has 1 aromatic rings. The van der Waals surface area contributed by atoms with E-state index in [0.29, 0.717) is 10.7 Å². The van der Waals surface area contributed by atoms with Crippen molar-refractivity contribution >= 4 is 41.3 Å². The number of benzene rings is 1. The summed E-state index contributed by atoms with van der Waals surface area (Å²) in [5, 5.41) is 2.82. The molecule has 0 spiro atoms. The van der Waals surface area contributed by atoms with Crippen molar-refractivity contribution in [2.24, 2.45) is 4.99 Å². The summed E-state index contributed by atoms with van der Waals surface area (Å²) in [6, 6.07) is 9.20. The van der Waals surface area contributed by atoms with E-state index >= 15 is 0 Å². The fourth-order valence-electron chi connectivity index (χ4n) is 1.11. The van der Waals surface area contributed by atoms with Gasteiger partial charge in [-0.25, -0.2) is 4.99 Å². The second-order valence-electron chi connectivity index (χ2n) is 2.76. The zero-order chi connectivity index (χ0) is 9.97. The average Bonchev–Trinajstić information content (AvgIpc) is 2.51. The first-order chi connectivity index (χ1) is 6.77. The Morgan fingerprint density at radius 2 is 1.87 bits per heavy atom. The Kier molecular flexibility index (Phi) is 3.88. The standard InChI is InChI=1S/C10H7ClN2O.ClH/c11-8-6-12-10(14)9(8)13-7-4-2-1-3-5-7;/h1-6H,(H,12,13,14);1H. The molecule has 3 nitrogen and oxygen atoms in total. The topological polar surface area (TPSA) is 41.5 Å². The number of hydrogen-bond acceptors (Lipinski definition) is 2. The molecule has 0 radical (unpaired) electrons. The summed E-state index contributed by atoms with van der Waals surface area (Å²) in [7, 11) is 0. The second kappa shape index (κ2) is 4.96. The zero-order valence-corrected chi connectivity index (χ0v) is 9.18. The number of nitrogens with zero attached hydrogens (tertiary/aromatic N) is 1. The number of carbonyl (C=O) groups is 1. The van der Waals surface area contributed by atoms with Crippen LogP contribution in [0.2, 0.25) is 0 Å². The van der Waals surface area contributed by atoms with Gasteiger partial charge in [-0.1, -0.05) is 29.8 Å². The molecule has 0 unspecified atom stereocenters. The van der Waals surface area contributed by atoms with Gasteiger partial charge in [0.05, 0.1) is 10.7 Å². The van der Waals surface area contributed by atoms with Gasteiger partial charge in [0.1, 0.15) is 5.71 Å². The van der Waals surface area contributed by atoms with Crippen LogP contribution in [0.1, 0.15) is 0 Å². The van der Waals surface area contributed by atoms with Crippen molar-refractivity contribution in [3.8, 4) is 0 Å². The smallest absolute Gasteiger partial charge is 0.275 e. The van der Waals surface area contributed by atoms with E-state index < -0.39 is 0 Å². The van der Waals surface area contributed by atoms with Gasteiger partial charge in [0.25, 0.3) is 5.91 Å². The summed E-state index contributed by atoms with van der Waals surface area (Å²) >= 11 is 5.77. The number of para-hydroxylation sites is 1. The van der Waals surface area contributed by atoms with Crippen molar-refractivity contribution in [3.05, 3.63) is 41.6 Å². The summed E-state index contributed by atoms with van der Waals surface area (Å²) in [6.45, 7) is 0. The van der Waals surface area contributed by atoms with Crippen LogP contribution >= 0.6 is 24.0 Å². The van der Waals surface area contributed by atoms with Gasteiger partial charge in [-0.15, -0.1) is 12.4 Å². The molecular formula is C10H8Cl2N2O. The van der Waals surface area contributed by atoms with Crippen molar-refractivity contribution in [2.45, 2.75) is 0 Å². The highest BCUT2D eigenvalue weighted by molar-refractivity contribution is 6.61. The van der Waals surface area contributed by atoms with Crippen molar-refractivity contribution in [2.75, 3.05) is 0 Å². The molecule has 0 saturated heterocycles. The second-order valence-corrected chi connectivity index (χ2v) is 3.17. The monoisotopic (exact) mass is 242 g/mol. The van der Waals surface area contributed by atoms with Crippen LogP contribution in [0.5, 0.6) is 0 Å². The molecule has 0 atom stereocenters. The number of rotatable bonds is 1. The van der Waals surface area contributed by atoms with Crippen LogP contribution in [0, 0.1) is 0 Å². The van der Waals surface area contributed by atoms with Gasteiger partial charge < -0.3 is 5.32 Å². The Bertz CT molecular complexity index is 426. The summed E-state index contributed by atoms with van der Waals surface area (Å²) in [5.74, 6) is -0.265. The molecule has 1 amide bonds. The van der Waals surface area contributed by atoms with Crippen LogP contribution in [0.15, 0.2) is 46.6 Å². The van der Waals surface area contributed by atoms with E-state index in [-0.39, 0.29) is 24.0 Å². The predicted molar refractivity (Wildman–Crippen MR) is 62.9 cm³/mol. The molecule has 0 aliphatic carbocycles. The Morgan fingerprint density at radius 3 is 2.40 bits per heavy atom. The largest absolute Gasteiger partial charge is 0.326 e. The lowest BCUT2D eigenvalue weighted by Crippen LogP contribution is -2.18. The summed E-state index contributed by atoms with van der Waals surface area (Å²) in [4.78, 5) is 15.3. The highest BCUT2D eigenvalue weighted by Crippen LogP contribution is 2.16. The molecule has 1 aliphatic heterocycles. The fraction of sp³-hybridized carbons (Fsp3) is 0. The molecule has 0 saturated carbocycles. The van der Waals surface area contributed by atoms with Gasteiger partial charge in [0.15, 0.2) is 0 Å². The number of hydrogen-bond donors (Lipinski definition) is 1. The molecule has 1 aliphatic rings. The van der Waals surface area contributed by atoms with Gasteiger partial charge in [-0.2, -0.15) is 0 Å². The SMILES string of the molecule is Cl.O=C1NC=C(Cl)C1=Nc1ccccc1. The minimum Gasteiger partial charge on any atom is -0.326 e. The summed E-state index contributed by atoms with van der Waals surface area (Å²) in [6.07, 6.45) is 1.44. The fourth-order valence-corrected chi connectivity index (χ4v) is 1.29. The lowest BCUT2D eigenvalue weighted by Gasteiger charge is -1.95. The van der Waals surface area contributed by atoms with Crippen molar-refractivity contribution in [1.29, 1.82) is 0 Å². The van der Waals surface area contributed by atoms with Crippen molar-refractivity contribution < 1.29 is 4.79 Å². The minimum absolute atomic E-state index is 0. The third kappa shape index (κ3) is 2.58. The van der Waals surface area contributed by atoms with Crippen LogP contribution in [0.4, 0.5) is 5.69 Å². The molecule has 15 heavy (non-hydrogen) atoms. The molecule has 1 aromatic carbocycles. The van der Waals surface area contributed by atoms with Crippen LogP contribution < -0.4 is 5.32 Å². The van der Waals surface area contributed by atoms with Gasteiger partial charge in [0, 0.05) is 6.20 Å². The molecule has 2 rings (SSSR count). The van der Waals surface area contributed by atoms with Gasteiger partial charge in [0.2, 0.25) is 0 Å². The first-order valence-electron chi connectivity index (χ1n) is 4.08. The lowest BCUT2D eigenvalue weighted by molar-refractivity contribution is -0.113. The Hall–Kier alpha value is -1.32. The van der Waals surface area contributed by atoms with E-state index in [9.17, 15) is 4.79 Å². The van der Waals surface area contributed by atoms with Crippen LogP contribution in [-0.2, 0) is 4.79 Å². The first kappa shape index (κ1) is 11.8. The van der Waals surface area contributed by atoms with Crippen LogP contribution in [-0.4, -0.2) is 11.6 Å². The number of carbonyl (C=O) groups excluding carboxylic acids is 1. The Labute approximate surface area is 98.3 Å². The Balaban J connectivity index is 0.00000112. The average molecular weight is 243 g/mol. The molecule has 78 valence electrons. The molecule has 1 N–H and O–H groups in total. The molecule has 1 heterocycles. The first-order valence-corrected chi connectivity index (χ1v) is 4.46. The van der Waals surface area contributed by atoms with Gasteiger partial charge in [-0.05, 0) is 12.1 Å². The molecular weight excluding hydrogens is 235 g/mol. The molecule has 5 heteroatoms. The zero-order valence-electron chi connectivity index (χ0n) is 7.61. The van der Waals surface area contributed by atoms with Crippen LogP contribution in [0.3, 0.4) is 0 Å². The van der Waals surface area contributed by atoms with E-state index in [1.165, 1.54) is 6.20 Å². The third-order valence-corrected chi connectivity index (χ3v) is 2.06. The molecule has 0 bridgehead atoms. The number of nitrogens with one attached hydrogen (secondary N) is 1. The quantitative estimate of drug-likeness (QED) is 0.808. The van der Waals surface area contributed by atoms with Crippen molar-refractivity contribution in [1.82, 2.24) is 5.32 Å². The maximum atomic E-state index is 11.2. The van der Waals surface area contributed by atoms with Gasteiger partial charge >= 0.3 is 0 Å². The maximum absolute atomic E-state index is 11.2. The lowest BCUT2D eigenvalue weighted by atomic mass is 10.3. The predicted octanol–water partition coefficient (Wildman–Crippen LogP) is 2.39. The van der Waals surface area contributed by atoms with E-state index in [4.69, 9.17) is 11.6 Å². The van der Waals surface area contributed by atoms with Crippen molar-refractivity contribution in [3.63, 3.8) is 0 Å². The van der Waals surface area contributed by atoms with Gasteiger partial charge in [-0.3, -0.25) is 4.79 Å². The number of halogens is 2. The van der Waals surface area contributed by atoms with E-state index in [0.717, 1.165) is 0 Å². The minimum atomic E-state index is -0.265. The Morgan fingerprint density at radius 1 is 1.20 bits per heavy atom.